The van der Waals surface area contributed by atoms with Gasteiger partial charge in [0, 0.05) is 11.5 Å². The molecule has 0 aromatic heterocycles. The number of carbonyl (C=O) groups excluding carboxylic acids is 4. The number of allylic oxidation sites excluding steroid dienone is 2. The van der Waals surface area contributed by atoms with Gasteiger partial charge in [0.05, 0.1) is 23.9 Å². The fraction of sp³-hybridized carbons (Fsp3) is 0.556. The predicted octanol–water partition coefficient (Wildman–Crippen LogP) is 3.57. The van der Waals surface area contributed by atoms with Crippen molar-refractivity contribution in [2.24, 2.45) is 17.8 Å². The molecule has 0 radical (unpaired) electrons. The molecule has 1 aromatic rings. The van der Waals surface area contributed by atoms with Gasteiger partial charge in [-0.05, 0) is 57.2 Å². The second-order valence-electron chi connectivity index (χ2n) is 11.3. The van der Waals surface area contributed by atoms with E-state index in [1.54, 1.807) is 24.3 Å². The van der Waals surface area contributed by atoms with Crippen molar-refractivity contribution < 1.29 is 29.0 Å². The van der Waals surface area contributed by atoms with Gasteiger partial charge in [-0.2, -0.15) is 0 Å². The van der Waals surface area contributed by atoms with Gasteiger partial charge in [-0.1, -0.05) is 39.7 Å². The van der Waals surface area contributed by atoms with E-state index < -0.39 is 50.8 Å². The summed E-state index contributed by atoms with van der Waals surface area (Å²) in [7, 11) is 0. The smallest absolute Gasteiger partial charge is 0.254 e. The quantitative estimate of drug-likeness (QED) is 0.232. The molecule has 4 amide bonds. The van der Waals surface area contributed by atoms with Crippen molar-refractivity contribution in [3.8, 4) is 5.75 Å². The highest BCUT2D eigenvalue weighted by Crippen LogP contribution is 2.65. The Balaban J connectivity index is 1.66. The first kappa shape index (κ1) is 27.6. The first-order valence-corrected chi connectivity index (χ1v) is 14.4. The Morgan fingerprint density at radius 3 is 2.29 bits per heavy atom. The number of fused-ring (bicyclic) bond motifs is 4. The normalized spacial score (nSPS) is 34.8. The Kier molecular flexibility index (Phi) is 6.77. The van der Waals surface area contributed by atoms with E-state index in [-0.39, 0.29) is 36.9 Å². The van der Waals surface area contributed by atoms with E-state index in [9.17, 15) is 19.2 Å². The molecule has 2 aliphatic carbocycles. The van der Waals surface area contributed by atoms with Crippen LogP contribution in [0.5, 0.6) is 5.75 Å². The van der Waals surface area contributed by atoms with Crippen LogP contribution >= 0.6 is 39.1 Å². The summed E-state index contributed by atoms with van der Waals surface area (Å²) in [5.41, 5.74) is 0.610. The topological polar surface area (TPSA) is 104 Å². The van der Waals surface area contributed by atoms with Crippen LogP contribution in [0.4, 0.5) is 0 Å². The number of alkyl halides is 3. The van der Waals surface area contributed by atoms with Crippen molar-refractivity contribution in [3.05, 3.63) is 41.5 Å². The Labute approximate surface area is 239 Å². The van der Waals surface area contributed by atoms with Crippen molar-refractivity contribution in [1.82, 2.24) is 9.80 Å². The monoisotopic (exact) mass is 626 g/mol. The van der Waals surface area contributed by atoms with E-state index in [1.165, 1.54) is 4.90 Å². The van der Waals surface area contributed by atoms with E-state index in [2.05, 4.69) is 15.9 Å². The van der Waals surface area contributed by atoms with Crippen LogP contribution in [0.1, 0.15) is 45.1 Å². The van der Waals surface area contributed by atoms with Crippen molar-refractivity contribution in [2.45, 2.75) is 54.8 Å². The van der Waals surface area contributed by atoms with Crippen molar-refractivity contribution in [3.63, 3.8) is 0 Å². The minimum Gasteiger partial charge on any atom is -0.491 e. The number of imide groups is 2. The molecule has 2 aliphatic heterocycles. The number of nitrogens with zero attached hydrogens (tertiary/aromatic N) is 2. The maximum Gasteiger partial charge on any atom is 0.254 e. The van der Waals surface area contributed by atoms with Gasteiger partial charge >= 0.3 is 0 Å². The predicted molar refractivity (Wildman–Crippen MR) is 144 cm³/mol. The molecule has 8 nitrogen and oxygen atoms in total. The number of ether oxygens (including phenoxy) is 1. The molecule has 0 bridgehead atoms. The maximum atomic E-state index is 13.8. The number of hydrogen-bond donors (Lipinski definition) is 1. The molecule has 1 saturated carbocycles. The van der Waals surface area contributed by atoms with Crippen molar-refractivity contribution in [2.75, 3.05) is 18.7 Å². The minimum absolute atomic E-state index is 0.0374. The van der Waals surface area contributed by atoms with Crippen LogP contribution in [0.15, 0.2) is 35.9 Å². The third-order valence-electron chi connectivity index (χ3n) is 8.26. The molecule has 38 heavy (non-hydrogen) atoms. The van der Waals surface area contributed by atoms with Gasteiger partial charge in [-0.15, -0.1) is 23.2 Å². The lowest BCUT2D eigenvalue weighted by atomic mass is 9.56. The number of hydrogen-bond acceptors (Lipinski definition) is 6. The molecule has 1 N–H and O–H groups in total. The summed E-state index contributed by atoms with van der Waals surface area (Å²) >= 11 is 17.6. The number of benzene rings is 1. The third kappa shape index (κ3) is 3.64. The lowest BCUT2D eigenvalue weighted by Gasteiger charge is -2.50. The SMILES string of the molecule is CC(C)(C)N1C(=O)[C@H]2[C@H](CC=C3[C@H]2C[C@@]2(Cl)C(=O)N(CBr)C(=O)[C@@]2(Cl)[C@H]3c2ccc(OCCO)cc2)C1=O. The van der Waals surface area contributed by atoms with Crippen LogP contribution in [0.25, 0.3) is 0 Å². The maximum absolute atomic E-state index is 13.8. The van der Waals surface area contributed by atoms with Crippen LogP contribution in [0.3, 0.4) is 0 Å². The summed E-state index contributed by atoms with van der Waals surface area (Å²) in [6.07, 6.45) is 2.21. The molecular formula is C27H29BrCl2N2O6. The summed E-state index contributed by atoms with van der Waals surface area (Å²) in [5.74, 6) is -3.85. The number of aliphatic hydroxyl groups excluding tert-OH is 1. The van der Waals surface area contributed by atoms with E-state index in [4.69, 9.17) is 33.0 Å². The second kappa shape index (κ2) is 9.32. The number of likely N-dealkylation sites (tertiary alicyclic amines) is 2. The molecule has 204 valence electrons. The molecule has 0 spiro atoms. The third-order valence-corrected chi connectivity index (χ3v) is 10.2. The Morgan fingerprint density at radius 2 is 1.71 bits per heavy atom. The van der Waals surface area contributed by atoms with E-state index in [1.807, 2.05) is 26.8 Å². The van der Waals surface area contributed by atoms with E-state index >= 15 is 0 Å². The number of aliphatic hydroxyl groups is 1. The highest BCUT2D eigenvalue weighted by Gasteiger charge is 2.76. The van der Waals surface area contributed by atoms with Crippen LogP contribution in [0.2, 0.25) is 0 Å². The number of halogens is 3. The van der Waals surface area contributed by atoms with Crippen molar-refractivity contribution >= 4 is 62.8 Å². The molecule has 2 heterocycles. The summed E-state index contributed by atoms with van der Waals surface area (Å²) in [6.45, 7) is 5.44. The number of amides is 4. The first-order valence-electron chi connectivity index (χ1n) is 12.5. The van der Waals surface area contributed by atoms with Crippen LogP contribution in [0, 0.1) is 17.8 Å². The minimum atomic E-state index is -1.84. The second-order valence-corrected chi connectivity index (χ2v) is 13.1. The van der Waals surface area contributed by atoms with Crippen LogP contribution < -0.4 is 4.74 Å². The van der Waals surface area contributed by atoms with Crippen LogP contribution in [-0.4, -0.2) is 72.5 Å². The van der Waals surface area contributed by atoms with Gasteiger partial charge in [0.15, 0.2) is 9.75 Å². The molecule has 4 aliphatic rings. The van der Waals surface area contributed by atoms with Crippen molar-refractivity contribution in [1.29, 1.82) is 0 Å². The summed E-state index contributed by atoms with van der Waals surface area (Å²) in [4.78, 5) is 53.2. The van der Waals surface area contributed by atoms with E-state index in [0.29, 0.717) is 17.7 Å². The standard InChI is InChI=1S/C27H29BrCl2N2O6/c1-25(2,3)32-21(34)17-9-8-16-18(19(17)22(32)35)12-26(29)23(36)31(13-28)24(37)27(26,30)20(16)14-4-6-15(7-5-14)38-11-10-33/h4-8,17-20,33H,9-13H2,1-3H3/t17-,18+,19-,20-,26+,27-/m0/s1. The first-order chi connectivity index (χ1) is 17.8. The average Bonchev–Trinajstić information content (AvgIpc) is 3.21. The van der Waals surface area contributed by atoms with Gasteiger partial charge in [0.1, 0.15) is 12.4 Å². The lowest BCUT2D eigenvalue weighted by molar-refractivity contribution is -0.146. The molecule has 11 heteroatoms. The number of carbonyl (C=O) groups is 4. The van der Waals surface area contributed by atoms with Gasteiger partial charge in [0.25, 0.3) is 11.8 Å². The molecule has 2 saturated heterocycles. The Bertz CT molecular complexity index is 1250. The Morgan fingerprint density at radius 1 is 1.05 bits per heavy atom. The molecule has 3 fully saturated rings. The fourth-order valence-electron chi connectivity index (χ4n) is 6.71. The molecular weight excluding hydrogens is 599 g/mol. The van der Waals surface area contributed by atoms with Gasteiger partial charge in [-0.25, -0.2) is 0 Å². The lowest BCUT2D eigenvalue weighted by Crippen LogP contribution is -2.60. The molecule has 5 rings (SSSR count). The zero-order chi connectivity index (χ0) is 27.8. The number of rotatable bonds is 5. The highest BCUT2D eigenvalue weighted by molar-refractivity contribution is 9.09. The van der Waals surface area contributed by atoms with Gasteiger partial charge in [0.2, 0.25) is 11.8 Å². The molecule has 0 unspecified atom stereocenters. The zero-order valence-corrected chi connectivity index (χ0v) is 24.3. The van der Waals surface area contributed by atoms with Crippen LogP contribution in [-0.2, 0) is 19.2 Å². The average molecular weight is 628 g/mol. The van der Waals surface area contributed by atoms with E-state index in [0.717, 1.165) is 10.5 Å². The Hall–Kier alpha value is -1.94. The molecule has 6 atom stereocenters. The summed E-state index contributed by atoms with van der Waals surface area (Å²) < 4.78 is 5.49. The fourth-order valence-corrected chi connectivity index (χ4v) is 8.13. The zero-order valence-electron chi connectivity index (χ0n) is 21.2. The van der Waals surface area contributed by atoms with Gasteiger partial charge < -0.3 is 9.84 Å². The highest BCUT2D eigenvalue weighted by atomic mass is 79.9. The largest absolute Gasteiger partial charge is 0.491 e. The van der Waals surface area contributed by atoms with Gasteiger partial charge in [-0.3, -0.25) is 29.0 Å². The summed E-state index contributed by atoms with van der Waals surface area (Å²) in [5, 5.41) is 9.07. The molecule has 1 aromatic carbocycles. The summed E-state index contributed by atoms with van der Waals surface area (Å²) in [6, 6.07) is 6.91.